The van der Waals surface area contributed by atoms with Crippen LogP contribution < -0.4 is 0 Å². The van der Waals surface area contributed by atoms with E-state index in [1.807, 2.05) is 12.1 Å². The van der Waals surface area contributed by atoms with Crippen molar-refractivity contribution in [3.05, 3.63) is 35.4 Å². The molecule has 2 fully saturated rings. The third-order valence-corrected chi connectivity index (χ3v) is 5.78. The topological polar surface area (TPSA) is 49.8 Å². The van der Waals surface area contributed by atoms with Crippen LogP contribution in [0.15, 0.2) is 24.3 Å². The third kappa shape index (κ3) is 3.02. The molecule has 0 radical (unpaired) electrons. The van der Waals surface area contributed by atoms with Crippen molar-refractivity contribution in [1.82, 2.24) is 4.90 Å². The average Bonchev–Trinajstić information content (AvgIpc) is 3.03. The Morgan fingerprint density at radius 1 is 1.39 bits per heavy atom. The van der Waals surface area contributed by atoms with Crippen molar-refractivity contribution >= 4 is 5.97 Å². The SMILES string of the molecule is CCOC1CC(N(C)Cc2cccc(C(=O)O)c2)C12CCCC2. The summed E-state index contributed by atoms with van der Waals surface area (Å²) in [6.07, 6.45) is 6.66. The second-order valence-corrected chi connectivity index (χ2v) is 7.06. The van der Waals surface area contributed by atoms with Gasteiger partial charge in [-0.05, 0) is 50.9 Å². The van der Waals surface area contributed by atoms with Gasteiger partial charge in [-0.25, -0.2) is 4.79 Å². The van der Waals surface area contributed by atoms with Gasteiger partial charge >= 0.3 is 5.97 Å². The minimum atomic E-state index is -0.859. The van der Waals surface area contributed by atoms with Crippen LogP contribution in [0.4, 0.5) is 0 Å². The molecule has 0 amide bonds. The number of benzene rings is 1. The second kappa shape index (κ2) is 6.62. The highest BCUT2D eigenvalue weighted by atomic mass is 16.5. The van der Waals surface area contributed by atoms with Crippen molar-refractivity contribution < 1.29 is 14.6 Å². The van der Waals surface area contributed by atoms with Crippen LogP contribution in [0, 0.1) is 5.41 Å². The lowest BCUT2D eigenvalue weighted by atomic mass is 9.60. The van der Waals surface area contributed by atoms with Gasteiger partial charge in [-0.3, -0.25) is 4.90 Å². The van der Waals surface area contributed by atoms with E-state index < -0.39 is 5.97 Å². The number of ether oxygens (including phenoxy) is 1. The lowest BCUT2D eigenvalue weighted by molar-refractivity contribution is -0.162. The van der Waals surface area contributed by atoms with Crippen LogP contribution >= 0.6 is 0 Å². The summed E-state index contributed by atoms with van der Waals surface area (Å²) in [6, 6.07) is 7.84. The smallest absolute Gasteiger partial charge is 0.335 e. The minimum Gasteiger partial charge on any atom is -0.478 e. The van der Waals surface area contributed by atoms with Crippen LogP contribution in [-0.2, 0) is 11.3 Å². The quantitative estimate of drug-likeness (QED) is 0.871. The van der Waals surface area contributed by atoms with E-state index in [-0.39, 0.29) is 0 Å². The van der Waals surface area contributed by atoms with Gasteiger partial charge in [0.05, 0.1) is 11.7 Å². The minimum absolute atomic E-state index is 0.329. The van der Waals surface area contributed by atoms with Crippen LogP contribution in [0.1, 0.15) is 54.9 Å². The van der Waals surface area contributed by atoms with E-state index in [1.165, 1.54) is 25.7 Å². The molecular weight excluding hydrogens is 290 g/mol. The Kier molecular flexibility index (Phi) is 4.74. The first-order chi connectivity index (χ1) is 11.1. The molecule has 0 heterocycles. The first-order valence-electron chi connectivity index (χ1n) is 8.71. The molecule has 1 aromatic carbocycles. The lowest BCUT2D eigenvalue weighted by Gasteiger charge is -2.57. The number of rotatable bonds is 6. The number of hydrogen-bond donors (Lipinski definition) is 1. The molecule has 2 unspecified atom stereocenters. The third-order valence-electron chi connectivity index (χ3n) is 5.78. The molecule has 2 saturated carbocycles. The van der Waals surface area contributed by atoms with Gasteiger partial charge in [0.15, 0.2) is 0 Å². The van der Waals surface area contributed by atoms with Crippen LogP contribution in [0.2, 0.25) is 0 Å². The van der Waals surface area contributed by atoms with Crippen molar-refractivity contribution in [1.29, 1.82) is 0 Å². The number of aromatic carboxylic acids is 1. The molecule has 1 aromatic rings. The Morgan fingerprint density at radius 2 is 2.13 bits per heavy atom. The number of carbonyl (C=O) groups is 1. The van der Waals surface area contributed by atoms with Gasteiger partial charge in [-0.2, -0.15) is 0 Å². The van der Waals surface area contributed by atoms with E-state index in [4.69, 9.17) is 9.84 Å². The zero-order chi connectivity index (χ0) is 16.4. The van der Waals surface area contributed by atoms with Crippen LogP contribution in [0.3, 0.4) is 0 Å². The number of carboxylic acids is 1. The van der Waals surface area contributed by atoms with Crippen molar-refractivity contribution in [2.75, 3.05) is 13.7 Å². The first-order valence-corrected chi connectivity index (χ1v) is 8.71. The molecule has 2 aliphatic rings. The average molecular weight is 317 g/mol. The Bertz CT molecular complexity index is 565. The molecule has 4 nitrogen and oxygen atoms in total. The summed E-state index contributed by atoms with van der Waals surface area (Å²) in [7, 11) is 2.17. The summed E-state index contributed by atoms with van der Waals surface area (Å²) in [5.41, 5.74) is 1.77. The lowest BCUT2D eigenvalue weighted by Crippen LogP contribution is -2.62. The maximum atomic E-state index is 11.1. The van der Waals surface area contributed by atoms with Gasteiger partial charge in [0.25, 0.3) is 0 Å². The number of nitrogens with zero attached hydrogens (tertiary/aromatic N) is 1. The van der Waals surface area contributed by atoms with Crippen LogP contribution in [0.5, 0.6) is 0 Å². The van der Waals surface area contributed by atoms with Crippen molar-refractivity contribution in [2.24, 2.45) is 5.41 Å². The number of carboxylic acid groups (broad SMARTS) is 1. The van der Waals surface area contributed by atoms with E-state index in [1.54, 1.807) is 12.1 Å². The molecule has 0 aliphatic heterocycles. The largest absolute Gasteiger partial charge is 0.478 e. The van der Waals surface area contributed by atoms with E-state index in [0.29, 0.717) is 23.1 Å². The molecule has 1 spiro atoms. The predicted octanol–water partition coefficient (Wildman–Crippen LogP) is 3.55. The maximum absolute atomic E-state index is 11.1. The van der Waals surface area contributed by atoms with Gasteiger partial charge in [0.2, 0.25) is 0 Å². The summed E-state index contributed by atoms with van der Waals surface area (Å²) >= 11 is 0. The predicted molar refractivity (Wildman–Crippen MR) is 89.6 cm³/mol. The summed E-state index contributed by atoms with van der Waals surface area (Å²) < 4.78 is 5.99. The molecule has 2 aliphatic carbocycles. The normalized spacial score (nSPS) is 25.7. The van der Waals surface area contributed by atoms with E-state index in [2.05, 4.69) is 18.9 Å². The summed E-state index contributed by atoms with van der Waals surface area (Å²) in [5.74, 6) is -0.859. The molecule has 1 N–H and O–H groups in total. The molecule has 23 heavy (non-hydrogen) atoms. The molecule has 126 valence electrons. The fourth-order valence-electron chi connectivity index (χ4n) is 4.67. The Hall–Kier alpha value is -1.39. The summed E-state index contributed by atoms with van der Waals surface area (Å²) in [5, 5.41) is 9.14. The van der Waals surface area contributed by atoms with E-state index >= 15 is 0 Å². The Morgan fingerprint density at radius 3 is 2.78 bits per heavy atom. The highest BCUT2D eigenvalue weighted by molar-refractivity contribution is 5.87. The molecule has 0 aromatic heterocycles. The molecule has 0 bridgehead atoms. The highest BCUT2D eigenvalue weighted by Crippen LogP contribution is 2.56. The van der Waals surface area contributed by atoms with E-state index in [9.17, 15) is 4.79 Å². The maximum Gasteiger partial charge on any atom is 0.335 e. The van der Waals surface area contributed by atoms with Gasteiger partial charge in [0.1, 0.15) is 0 Å². The fraction of sp³-hybridized carbons (Fsp3) is 0.632. The van der Waals surface area contributed by atoms with Crippen molar-refractivity contribution in [2.45, 2.75) is 57.7 Å². The fourth-order valence-corrected chi connectivity index (χ4v) is 4.67. The molecule has 4 heteroatoms. The standard InChI is InChI=1S/C19H27NO3/c1-3-23-17-12-16(19(17)9-4-5-10-19)20(2)13-14-7-6-8-15(11-14)18(21)22/h6-8,11,16-17H,3-5,9-10,12-13H2,1-2H3,(H,21,22). The Balaban J connectivity index is 1.70. The van der Waals surface area contributed by atoms with Crippen molar-refractivity contribution in [3.8, 4) is 0 Å². The van der Waals surface area contributed by atoms with Crippen LogP contribution in [0.25, 0.3) is 0 Å². The Labute approximate surface area is 138 Å². The monoisotopic (exact) mass is 317 g/mol. The zero-order valence-electron chi connectivity index (χ0n) is 14.1. The van der Waals surface area contributed by atoms with Gasteiger partial charge in [0, 0.05) is 24.6 Å². The van der Waals surface area contributed by atoms with E-state index in [0.717, 1.165) is 25.1 Å². The van der Waals surface area contributed by atoms with Gasteiger partial charge in [-0.15, -0.1) is 0 Å². The zero-order valence-corrected chi connectivity index (χ0v) is 14.1. The molecular formula is C19H27NO3. The summed E-state index contributed by atoms with van der Waals surface area (Å²) in [6.45, 7) is 3.67. The second-order valence-electron chi connectivity index (χ2n) is 7.06. The molecule has 2 atom stereocenters. The molecule has 3 rings (SSSR count). The van der Waals surface area contributed by atoms with Crippen LogP contribution in [-0.4, -0.2) is 41.8 Å². The molecule has 0 saturated heterocycles. The number of hydrogen-bond acceptors (Lipinski definition) is 3. The first kappa shape index (κ1) is 16.5. The highest BCUT2D eigenvalue weighted by Gasteiger charge is 2.57. The van der Waals surface area contributed by atoms with Gasteiger partial charge in [-0.1, -0.05) is 25.0 Å². The van der Waals surface area contributed by atoms with Crippen molar-refractivity contribution in [3.63, 3.8) is 0 Å². The summed E-state index contributed by atoms with van der Waals surface area (Å²) in [4.78, 5) is 13.5. The van der Waals surface area contributed by atoms with Gasteiger partial charge < -0.3 is 9.84 Å².